The lowest BCUT2D eigenvalue weighted by Gasteiger charge is -2.06. The molecule has 5 heteroatoms. The van der Waals surface area contributed by atoms with Crippen molar-refractivity contribution in [3.05, 3.63) is 45.4 Å². The molecule has 4 nitrogen and oxygen atoms in total. The minimum absolute atomic E-state index is 0.205. The number of hydrogen-bond donors (Lipinski definition) is 0. The van der Waals surface area contributed by atoms with Crippen molar-refractivity contribution >= 4 is 17.3 Å². The van der Waals surface area contributed by atoms with Crippen LogP contribution in [0.3, 0.4) is 0 Å². The third-order valence-corrected chi connectivity index (χ3v) is 3.58. The zero-order chi connectivity index (χ0) is 14.5. The molecule has 0 spiro atoms. The highest BCUT2D eigenvalue weighted by Crippen LogP contribution is 2.19. The molecule has 1 aromatic carbocycles. The van der Waals surface area contributed by atoms with E-state index in [1.165, 1.54) is 29.6 Å². The van der Waals surface area contributed by atoms with E-state index in [1.54, 1.807) is 0 Å². The zero-order valence-corrected chi connectivity index (χ0v) is 12.6. The Bertz CT molecular complexity index is 587. The molecule has 0 saturated heterocycles. The summed E-state index contributed by atoms with van der Waals surface area (Å²) in [6, 6.07) is 6.09. The number of methoxy groups -OCH3 is 1. The quantitative estimate of drug-likeness (QED) is 0.794. The van der Waals surface area contributed by atoms with Gasteiger partial charge in [-0.15, -0.1) is 11.3 Å². The first kappa shape index (κ1) is 14.5. The van der Waals surface area contributed by atoms with E-state index in [1.807, 2.05) is 31.4 Å². The summed E-state index contributed by atoms with van der Waals surface area (Å²) in [5, 5.41) is 2.71. The van der Waals surface area contributed by atoms with Crippen molar-refractivity contribution < 1.29 is 14.3 Å². The largest absolute Gasteiger partial charge is 0.486 e. The molecule has 106 valence electrons. The molecule has 1 heterocycles. The Kier molecular flexibility index (Phi) is 4.74. The molecule has 2 rings (SSSR count). The number of hydrogen-bond acceptors (Lipinski definition) is 5. The summed E-state index contributed by atoms with van der Waals surface area (Å²) < 4.78 is 10.3. The lowest BCUT2D eigenvalue weighted by Crippen LogP contribution is -2.05. The van der Waals surface area contributed by atoms with E-state index in [9.17, 15) is 4.79 Å². The molecule has 0 aliphatic rings. The fraction of sp³-hybridized carbons (Fsp3) is 0.333. The molecule has 0 amide bonds. The van der Waals surface area contributed by atoms with Crippen LogP contribution in [0, 0.1) is 13.8 Å². The summed E-state index contributed by atoms with van der Waals surface area (Å²) >= 11 is 1.49. The number of aromatic nitrogens is 1. The van der Waals surface area contributed by atoms with Crippen molar-refractivity contribution in [3.8, 4) is 5.75 Å². The number of rotatable bonds is 5. The molecule has 0 atom stereocenters. The number of thiazole rings is 1. The topological polar surface area (TPSA) is 48.4 Å². The smallest absolute Gasteiger partial charge is 0.311 e. The Morgan fingerprint density at radius 2 is 1.95 bits per heavy atom. The summed E-state index contributed by atoms with van der Waals surface area (Å²) in [7, 11) is 1.37. The summed E-state index contributed by atoms with van der Waals surface area (Å²) in [6.07, 6.45) is 0.205. The maximum atomic E-state index is 11.2. The molecular weight excluding hydrogens is 274 g/mol. The SMILES string of the molecule is COC(=O)Cc1csc(COc2cc(C)cc(C)c2)n1. The van der Waals surface area contributed by atoms with Crippen molar-refractivity contribution in [2.75, 3.05) is 7.11 Å². The molecule has 0 aliphatic carbocycles. The molecule has 0 radical (unpaired) electrons. The van der Waals surface area contributed by atoms with E-state index in [4.69, 9.17) is 4.74 Å². The van der Waals surface area contributed by atoms with Gasteiger partial charge in [-0.3, -0.25) is 4.79 Å². The van der Waals surface area contributed by atoms with Crippen molar-refractivity contribution in [1.82, 2.24) is 4.98 Å². The van der Waals surface area contributed by atoms with E-state index in [-0.39, 0.29) is 12.4 Å². The predicted octanol–water partition coefficient (Wildman–Crippen LogP) is 3.05. The number of carbonyl (C=O) groups excluding carboxylic acids is 1. The van der Waals surface area contributed by atoms with Crippen LogP contribution in [0.25, 0.3) is 0 Å². The highest BCUT2D eigenvalue weighted by atomic mass is 32.1. The van der Waals surface area contributed by atoms with Crippen LogP contribution in [0.15, 0.2) is 23.6 Å². The highest BCUT2D eigenvalue weighted by molar-refractivity contribution is 7.09. The van der Waals surface area contributed by atoms with E-state index < -0.39 is 0 Å². The average molecular weight is 291 g/mol. The number of ether oxygens (including phenoxy) is 2. The van der Waals surface area contributed by atoms with Crippen LogP contribution in [-0.4, -0.2) is 18.1 Å². The lowest BCUT2D eigenvalue weighted by atomic mass is 10.1. The van der Waals surface area contributed by atoms with E-state index in [0.717, 1.165) is 16.5 Å². The lowest BCUT2D eigenvalue weighted by molar-refractivity contribution is -0.139. The van der Waals surface area contributed by atoms with Crippen LogP contribution >= 0.6 is 11.3 Å². The van der Waals surface area contributed by atoms with Gasteiger partial charge in [-0.25, -0.2) is 4.98 Å². The van der Waals surface area contributed by atoms with E-state index in [2.05, 4.69) is 15.8 Å². The maximum Gasteiger partial charge on any atom is 0.311 e. The number of esters is 1. The molecule has 0 N–H and O–H groups in total. The zero-order valence-electron chi connectivity index (χ0n) is 11.8. The summed E-state index contributed by atoms with van der Waals surface area (Å²) in [6.45, 7) is 4.49. The van der Waals surface area contributed by atoms with Gasteiger partial charge in [0, 0.05) is 5.38 Å². The number of aryl methyl sites for hydroxylation is 2. The minimum atomic E-state index is -0.280. The second-order valence-corrected chi connectivity index (χ2v) is 5.54. The van der Waals surface area contributed by atoms with Gasteiger partial charge in [0.25, 0.3) is 0 Å². The van der Waals surface area contributed by atoms with Gasteiger partial charge in [0.05, 0.1) is 19.2 Å². The van der Waals surface area contributed by atoms with Gasteiger partial charge in [0.2, 0.25) is 0 Å². The van der Waals surface area contributed by atoms with Crippen LogP contribution in [0.2, 0.25) is 0 Å². The van der Waals surface area contributed by atoms with Crippen LogP contribution < -0.4 is 4.74 Å². The van der Waals surface area contributed by atoms with Crippen LogP contribution in [0.5, 0.6) is 5.75 Å². The maximum absolute atomic E-state index is 11.2. The van der Waals surface area contributed by atoms with Gasteiger partial charge in [-0.2, -0.15) is 0 Å². The van der Waals surface area contributed by atoms with E-state index in [0.29, 0.717) is 6.61 Å². The van der Waals surface area contributed by atoms with Gasteiger partial charge in [0.1, 0.15) is 17.4 Å². The van der Waals surface area contributed by atoms with Crippen molar-refractivity contribution in [2.45, 2.75) is 26.9 Å². The summed E-state index contributed by atoms with van der Waals surface area (Å²) in [5.41, 5.74) is 3.07. The number of carbonyl (C=O) groups is 1. The molecule has 20 heavy (non-hydrogen) atoms. The number of benzene rings is 1. The van der Waals surface area contributed by atoms with Crippen LogP contribution in [0.1, 0.15) is 21.8 Å². The Hall–Kier alpha value is -1.88. The molecule has 1 aromatic heterocycles. The molecule has 0 aliphatic heterocycles. The third kappa shape index (κ3) is 4.06. The molecule has 0 saturated carbocycles. The van der Waals surface area contributed by atoms with E-state index >= 15 is 0 Å². The van der Waals surface area contributed by atoms with Gasteiger partial charge in [-0.1, -0.05) is 6.07 Å². The summed E-state index contributed by atoms with van der Waals surface area (Å²) in [4.78, 5) is 15.5. The van der Waals surface area contributed by atoms with Gasteiger partial charge < -0.3 is 9.47 Å². The monoisotopic (exact) mass is 291 g/mol. The van der Waals surface area contributed by atoms with Crippen LogP contribution in [0.4, 0.5) is 0 Å². The predicted molar refractivity (Wildman–Crippen MR) is 78.1 cm³/mol. The highest BCUT2D eigenvalue weighted by Gasteiger charge is 2.08. The Labute approximate surface area is 122 Å². The normalized spacial score (nSPS) is 10.3. The second kappa shape index (κ2) is 6.52. The molecule has 2 aromatic rings. The fourth-order valence-corrected chi connectivity index (χ4v) is 2.58. The number of nitrogens with zero attached hydrogens (tertiary/aromatic N) is 1. The first-order chi connectivity index (χ1) is 9.56. The van der Waals surface area contributed by atoms with Crippen LogP contribution in [-0.2, 0) is 22.6 Å². The Morgan fingerprint density at radius 1 is 1.25 bits per heavy atom. The standard InChI is InChI=1S/C15H17NO3S/c1-10-4-11(2)6-13(5-10)19-8-14-16-12(9-20-14)7-15(17)18-3/h4-6,9H,7-8H2,1-3H3. The van der Waals surface area contributed by atoms with Crippen molar-refractivity contribution in [2.24, 2.45) is 0 Å². The first-order valence-electron chi connectivity index (χ1n) is 6.28. The third-order valence-electron chi connectivity index (χ3n) is 2.71. The fourth-order valence-electron chi connectivity index (χ4n) is 1.88. The minimum Gasteiger partial charge on any atom is -0.486 e. The Balaban J connectivity index is 1.95. The molecular formula is C15H17NO3S. The van der Waals surface area contributed by atoms with Gasteiger partial charge in [-0.05, 0) is 37.1 Å². The second-order valence-electron chi connectivity index (χ2n) is 4.60. The van der Waals surface area contributed by atoms with Gasteiger partial charge in [0.15, 0.2) is 0 Å². The van der Waals surface area contributed by atoms with Crippen molar-refractivity contribution in [1.29, 1.82) is 0 Å². The van der Waals surface area contributed by atoms with Gasteiger partial charge >= 0.3 is 5.97 Å². The molecule has 0 unspecified atom stereocenters. The molecule has 0 fully saturated rings. The van der Waals surface area contributed by atoms with Crippen molar-refractivity contribution in [3.63, 3.8) is 0 Å². The first-order valence-corrected chi connectivity index (χ1v) is 7.16. The molecule has 0 bridgehead atoms. The Morgan fingerprint density at radius 3 is 2.60 bits per heavy atom. The average Bonchev–Trinajstić information content (AvgIpc) is 2.83. The summed E-state index contributed by atoms with van der Waals surface area (Å²) in [5.74, 6) is 0.560.